The molecule has 0 bridgehead atoms. The Hall–Kier alpha value is -3.66. The number of aromatic hydroxyl groups is 1. The van der Waals surface area contributed by atoms with E-state index in [0.29, 0.717) is 55.3 Å². The van der Waals surface area contributed by atoms with E-state index in [1.54, 1.807) is 12.1 Å². The quantitative estimate of drug-likeness (QED) is 0.279. The number of fused-ring (bicyclic) bond motifs is 2. The van der Waals surface area contributed by atoms with Crippen molar-refractivity contribution in [1.29, 1.82) is 0 Å². The van der Waals surface area contributed by atoms with Crippen LogP contribution in [0.3, 0.4) is 0 Å². The molecule has 0 fully saturated rings. The Balaban J connectivity index is 1.47. The molecule has 5 N–H and O–H groups in total. The molecule has 10 nitrogen and oxygen atoms in total. The fourth-order valence-corrected chi connectivity index (χ4v) is 3.63. The van der Waals surface area contributed by atoms with Crippen molar-refractivity contribution in [1.82, 2.24) is 30.0 Å². The lowest BCUT2D eigenvalue weighted by molar-refractivity contribution is -0.122. The number of aryl methyl sites for hydroxylation is 1. The lowest BCUT2D eigenvalue weighted by Crippen LogP contribution is -2.25. The fraction of sp³-hybridized carbons (Fsp3) is 0.364. The maximum atomic E-state index is 11.8. The molecule has 0 aliphatic carbocycles. The normalized spacial score (nSPS) is 11.4. The summed E-state index contributed by atoms with van der Waals surface area (Å²) in [6.07, 6.45) is 3.43. The first-order valence-electron chi connectivity index (χ1n) is 10.7. The second-order valence-corrected chi connectivity index (χ2v) is 7.49. The predicted octanol–water partition coefficient (Wildman–Crippen LogP) is 2.59. The molecule has 1 amide bonds. The van der Waals surface area contributed by atoms with Crippen LogP contribution in [-0.4, -0.2) is 55.5 Å². The van der Waals surface area contributed by atoms with Gasteiger partial charge in [-0.2, -0.15) is 5.10 Å². The third kappa shape index (κ3) is 4.65. The summed E-state index contributed by atoms with van der Waals surface area (Å²) in [6.45, 7) is 4.19. The number of carbonyl (C=O) groups is 1. The highest BCUT2D eigenvalue weighted by Gasteiger charge is 2.18. The average molecular weight is 438 g/mol. The number of nitrogens with two attached hydrogens (primary N) is 1. The Morgan fingerprint density at radius 3 is 3.00 bits per heavy atom. The molecule has 0 saturated heterocycles. The molecule has 0 spiro atoms. The number of phenols is 1. The van der Waals surface area contributed by atoms with Crippen LogP contribution in [-0.2, 0) is 16.1 Å². The Morgan fingerprint density at radius 2 is 2.16 bits per heavy atom. The lowest BCUT2D eigenvalue weighted by Gasteiger charge is -2.06. The monoisotopic (exact) mass is 437 g/mol. The van der Waals surface area contributed by atoms with E-state index in [-0.39, 0.29) is 11.7 Å². The maximum absolute atomic E-state index is 11.8. The molecule has 0 aliphatic heterocycles. The average Bonchev–Trinajstić information content (AvgIpc) is 3.35. The number of amides is 1. The number of carbonyl (C=O) groups excluding carboxylic acids is 1. The molecule has 168 valence electrons. The molecule has 0 atom stereocenters. The summed E-state index contributed by atoms with van der Waals surface area (Å²) < 4.78 is 7.02. The topological polar surface area (TPSA) is 144 Å². The van der Waals surface area contributed by atoms with Crippen molar-refractivity contribution in [2.24, 2.45) is 0 Å². The SMILES string of the molecule is CCOCCC(=O)NCCCCn1nc(-c2cc3cc(O)ccc3[nH]2)c2c(N)ncnc21. The molecular weight excluding hydrogens is 410 g/mol. The minimum Gasteiger partial charge on any atom is -0.508 e. The molecule has 0 radical (unpaired) electrons. The van der Waals surface area contributed by atoms with Crippen molar-refractivity contribution in [3.63, 3.8) is 0 Å². The Morgan fingerprint density at radius 1 is 1.28 bits per heavy atom. The number of nitrogens with one attached hydrogen (secondary N) is 2. The van der Waals surface area contributed by atoms with E-state index in [1.165, 1.54) is 6.33 Å². The number of hydrogen-bond donors (Lipinski definition) is 4. The minimum absolute atomic E-state index is 0.00404. The van der Waals surface area contributed by atoms with E-state index in [4.69, 9.17) is 15.6 Å². The first-order valence-corrected chi connectivity index (χ1v) is 10.7. The molecule has 3 heterocycles. The largest absolute Gasteiger partial charge is 0.508 e. The van der Waals surface area contributed by atoms with E-state index in [9.17, 15) is 9.90 Å². The van der Waals surface area contributed by atoms with Gasteiger partial charge in [-0.05, 0) is 44.0 Å². The van der Waals surface area contributed by atoms with E-state index >= 15 is 0 Å². The van der Waals surface area contributed by atoms with Crippen LogP contribution in [0.25, 0.3) is 33.3 Å². The molecule has 4 rings (SSSR count). The summed E-state index contributed by atoms with van der Waals surface area (Å²) >= 11 is 0. The first-order chi connectivity index (χ1) is 15.6. The first kappa shape index (κ1) is 21.6. The smallest absolute Gasteiger partial charge is 0.222 e. The molecule has 3 aromatic heterocycles. The number of hydrogen-bond acceptors (Lipinski definition) is 7. The number of phenolic OH excluding ortho intramolecular Hbond substituents is 1. The van der Waals surface area contributed by atoms with Crippen LogP contribution in [0.1, 0.15) is 26.2 Å². The van der Waals surface area contributed by atoms with E-state index in [0.717, 1.165) is 29.4 Å². The van der Waals surface area contributed by atoms with Crippen molar-refractivity contribution in [3.05, 3.63) is 30.6 Å². The van der Waals surface area contributed by atoms with Gasteiger partial charge in [0.15, 0.2) is 5.65 Å². The van der Waals surface area contributed by atoms with Gasteiger partial charge in [0.25, 0.3) is 0 Å². The van der Waals surface area contributed by atoms with Crippen LogP contribution in [0.4, 0.5) is 5.82 Å². The zero-order chi connectivity index (χ0) is 22.5. The van der Waals surface area contributed by atoms with Crippen LogP contribution < -0.4 is 11.1 Å². The van der Waals surface area contributed by atoms with Gasteiger partial charge in [0.05, 0.1) is 17.7 Å². The summed E-state index contributed by atoms with van der Waals surface area (Å²) in [5.41, 5.74) is 9.16. The van der Waals surface area contributed by atoms with E-state index in [2.05, 4.69) is 20.3 Å². The van der Waals surface area contributed by atoms with Crippen molar-refractivity contribution < 1.29 is 14.6 Å². The van der Waals surface area contributed by atoms with Gasteiger partial charge in [-0.25, -0.2) is 14.6 Å². The van der Waals surface area contributed by atoms with Crippen LogP contribution >= 0.6 is 0 Å². The molecule has 0 saturated carbocycles. The number of nitrogens with zero attached hydrogens (tertiary/aromatic N) is 4. The number of nitrogen functional groups attached to an aromatic ring is 1. The van der Waals surface area contributed by atoms with Gasteiger partial charge in [-0.3, -0.25) is 4.79 Å². The molecule has 0 unspecified atom stereocenters. The highest BCUT2D eigenvalue weighted by Crippen LogP contribution is 2.32. The molecule has 10 heteroatoms. The number of unbranched alkanes of at least 4 members (excludes halogenated alkanes) is 1. The zero-order valence-corrected chi connectivity index (χ0v) is 18.0. The maximum Gasteiger partial charge on any atom is 0.222 e. The van der Waals surface area contributed by atoms with Crippen molar-refractivity contribution >= 4 is 33.7 Å². The van der Waals surface area contributed by atoms with Crippen LogP contribution in [0.15, 0.2) is 30.6 Å². The minimum atomic E-state index is -0.00404. The number of ether oxygens (including phenoxy) is 1. The summed E-state index contributed by atoms with van der Waals surface area (Å²) in [7, 11) is 0. The van der Waals surface area contributed by atoms with Crippen molar-refractivity contribution in [3.8, 4) is 17.1 Å². The molecule has 1 aromatic carbocycles. The second kappa shape index (κ2) is 9.65. The fourth-order valence-electron chi connectivity index (χ4n) is 3.63. The number of aromatic nitrogens is 5. The number of H-pyrrole nitrogens is 1. The third-order valence-corrected chi connectivity index (χ3v) is 5.21. The summed E-state index contributed by atoms with van der Waals surface area (Å²) in [4.78, 5) is 23.6. The number of aromatic amines is 1. The lowest BCUT2D eigenvalue weighted by atomic mass is 10.2. The summed E-state index contributed by atoms with van der Waals surface area (Å²) in [5, 5.41) is 19.0. The van der Waals surface area contributed by atoms with E-state index < -0.39 is 0 Å². The van der Waals surface area contributed by atoms with Gasteiger partial charge in [0.2, 0.25) is 5.91 Å². The predicted molar refractivity (Wildman–Crippen MR) is 122 cm³/mol. The number of benzene rings is 1. The van der Waals surface area contributed by atoms with E-state index in [1.807, 2.05) is 23.7 Å². The van der Waals surface area contributed by atoms with Gasteiger partial charge in [0.1, 0.15) is 23.6 Å². The number of rotatable bonds is 10. The Bertz CT molecular complexity index is 1230. The van der Waals surface area contributed by atoms with Gasteiger partial charge in [0, 0.05) is 37.0 Å². The summed E-state index contributed by atoms with van der Waals surface area (Å²) in [6, 6.07) is 7.06. The van der Waals surface area contributed by atoms with Crippen LogP contribution in [0, 0.1) is 0 Å². The zero-order valence-electron chi connectivity index (χ0n) is 18.0. The summed E-state index contributed by atoms with van der Waals surface area (Å²) in [5.74, 6) is 0.557. The van der Waals surface area contributed by atoms with Crippen LogP contribution in [0.2, 0.25) is 0 Å². The van der Waals surface area contributed by atoms with Crippen molar-refractivity contribution in [2.75, 3.05) is 25.5 Å². The second-order valence-electron chi connectivity index (χ2n) is 7.49. The van der Waals surface area contributed by atoms with Gasteiger partial charge >= 0.3 is 0 Å². The third-order valence-electron chi connectivity index (χ3n) is 5.21. The molecule has 0 aliphatic rings. The van der Waals surface area contributed by atoms with Crippen LogP contribution in [0.5, 0.6) is 5.75 Å². The molecule has 4 aromatic rings. The Labute approximate surface area is 184 Å². The molecular formula is C22H27N7O3. The van der Waals surface area contributed by atoms with Gasteiger partial charge in [-0.1, -0.05) is 0 Å². The highest BCUT2D eigenvalue weighted by molar-refractivity contribution is 5.99. The standard InChI is InChI=1S/C22H27N7O3/c1-2-32-10-7-18(31)24-8-3-4-9-29-22-19(21(23)25-13-26-22)20(28-29)17-12-14-11-15(30)5-6-16(14)27-17/h5-6,11-13,27,30H,2-4,7-10H2,1H3,(H,24,31)(H2,23,25,26). The number of anilines is 1. The highest BCUT2D eigenvalue weighted by atomic mass is 16.5. The Kier molecular flexibility index (Phi) is 6.50. The molecule has 32 heavy (non-hydrogen) atoms. The van der Waals surface area contributed by atoms with Gasteiger partial charge in [-0.15, -0.1) is 0 Å². The van der Waals surface area contributed by atoms with Crippen molar-refractivity contribution in [2.45, 2.75) is 32.7 Å². The van der Waals surface area contributed by atoms with Gasteiger partial charge < -0.3 is 25.9 Å².